The standard InChI is InChI=1S/C9H10N4O3/c1-4(14)6-10-5-7(11-6)12(2)9(16)13(3)8(5)15/h1-3H3,(H,10,11). The number of H-pyrrole nitrogens is 1. The van der Waals surface area contributed by atoms with E-state index in [1.807, 2.05) is 0 Å². The number of hydrogen-bond donors (Lipinski definition) is 1. The first kappa shape index (κ1) is 10.3. The summed E-state index contributed by atoms with van der Waals surface area (Å²) in [5.74, 6) is -0.209. The number of imidazole rings is 1. The number of rotatable bonds is 1. The minimum atomic E-state index is -0.488. The molecule has 7 nitrogen and oxygen atoms in total. The smallest absolute Gasteiger partial charge is 0.330 e. The number of aryl methyl sites for hydroxylation is 1. The molecule has 2 heterocycles. The monoisotopic (exact) mass is 222 g/mol. The van der Waals surface area contributed by atoms with Crippen molar-refractivity contribution in [1.82, 2.24) is 19.1 Å². The predicted molar refractivity (Wildman–Crippen MR) is 56.6 cm³/mol. The second-order valence-corrected chi connectivity index (χ2v) is 3.55. The Bertz CT molecular complexity index is 704. The summed E-state index contributed by atoms with van der Waals surface area (Å²) in [6.07, 6.45) is 0. The van der Waals surface area contributed by atoms with Gasteiger partial charge >= 0.3 is 5.69 Å². The number of ketones is 1. The van der Waals surface area contributed by atoms with Crippen molar-refractivity contribution < 1.29 is 4.79 Å². The number of nitrogens with one attached hydrogen (secondary N) is 1. The number of nitrogens with zero attached hydrogens (tertiary/aromatic N) is 3. The van der Waals surface area contributed by atoms with E-state index < -0.39 is 11.2 Å². The van der Waals surface area contributed by atoms with E-state index >= 15 is 0 Å². The third kappa shape index (κ3) is 1.21. The average Bonchev–Trinajstić information content (AvgIpc) is 2.68. The molecule has 0 radical (unpaired) electrons. The number of carbonyl (C=O) groups is 1. The molecule has 2 aromatic rings. The van der Waals surface area contributed by atoms with Gasteiger partial charge in [0.25, 0.3) is 5.56 Å². The molecule has 0 aliphatic heterocycles. The molecule has 0 aromatic carbocycles. The van der Waals surface area contributed by atoms with Crippen LogP contribution in [-0.4, -0.2) is 24.9 Å². The molecule has 0 atom stereocenters. The lowest BCUT2D eigenvalue weighted by molar-refractivity contribution is 0.100. The molecule has 0 unspecified atom stereocenters. The molecule has 7 heteroatoms. The van der Waals surface area contributed by atoms with Crippen LogP contribution in [0.25, 0.3) is 11.2 Å². The van der Waals surface area contributed by atoms with Gasteiger partial charge in [-0.05, 0) is 0 Å². The molecule has 16 heavy (non-hydrogen) atoms. The topological polar surface area (TPSA) is 89.8 Å². The van der Waals surface area contributed by atoms with Crippen LogP contribution in [0.4, 0.5) is 0 Å². The van der Waals surface area contributed by atoms with Gasteiger partial charge < -0.3 is 4.98 Å². The highest BCUT2D eigenvalue weighted by Gasteiger charge is 2.14. The molecule has 0 spiro atoms. The normalized spacial score (nSPS) is 10.9. The van der Waals surface area contributed by atoms with Crippen LogP contribution >= 0.6 is 0 Å². The van der Waals surface area contributed by atoms with Crippen molar-refractivity contribution in [3.63, 3.8) is 0 Å². The number of Topliss-reactive ketones (excluding diaryl/α,β-unsaturated/α-hetero) is 1. The number of fused-ring (bicyclic) bond motifs is 1. The Labute approximate surface area is 89.3 Å². The second-order valence-electron chi connectivity index (χ2n) is 3.55. The van der Waals surface area contributed by atoms with Crippen molar-refractivity contribution in [3.8, 4) is 0 Å². The Morgan fingerprint density at radius 3 is 2.44 bits per heavy atom. The van der Waals surface area contributed by atoms with Crippen LogP contribution in [-0.2, 0) is 14.1 Å². The van der Waals surface area contributed by atoms with Gasteiger partial charge in [0.15, 0.2) is 17.3 Å². The first-order valence-electron chi connectivity index (χ1n) is 4.60. The van der Waals surface area contributed by atoms with E-state index in [4.69, 9.17) is 0 Å². The van der Waals surface area contributed by atoms with Crippen LogP contribution in [0.5, 0.6) is 0 Å². The summed E-state index contributed by atoms with van der Waals surface area (Å²) in [6, 6.07) is 0. The van der Waals surface area contributed by atoms with E-state index in [9.17, 15) is 14.4 Å². The van der Waals surface area contributed by atoms with Crippen LogP contribution in [0.3, 0.4) is 0 Å². The van der Waals surface area contributed by atoms with Gasteiger partial charge in [0.1, 0.15) is 5.52 Å². The molecular formula is C9H10N4O3. The fourth-order valence-corrected chi connectivity index (χ4v) is 1.49. The Morgan fingerprint density at radius 2 is 1.88 bits per heavy atom. The molecular weight excluding hydrogens is 212 g/mol. The zero-order valence-corrected chi connectivity index (χ0v) is 9.07. The van der Waals surface area contributed by atoms with Gasteiger partial charge in [-0.1, -0.05) is 0 Å². The summed E-state index contributed by atoms with van der Waals surface area (Å²) in [6.45, 7) is 1.33. The lowest BCUT2D eigenvalue weighted by Gasteiger charge is -2.00. The lowest BCUT2D eigenvalue weighted by atomic mass is 10.4. The molecule has 0 aliphatic rings. The number of hydrogen-bond acceptors (Lipinski definition) is 4. The molecule has 2 aromatic heterocycles. The van der Waals surface area contributed by atoms with Crippen LogP contribution in [0.1, 0.15) is 17.5 Å². The van der Waals surface area contributed by atoms with Gasteiger partial charge in [0.2, 0.25) is 0 Å². The van der Waals surface area contributed by atoms with E-state index in [-0.39, 0.29) is 22.8 Å². The first-order valence-corrected chi connectivity index (χ1v) is 4.60. The number of aromatic amines is 1. The highest BCUT2D eigenvalue weighted by Crippen LogP contribution is 2.04. The maximum Gasteiger partial charge on any atom is 0.332 e. The minimum absolute atomic E-state index is 0.0771. The van der Waals surface area contributed by atoms with Gasteiger partial charge in [-0.25, -0.2) is 9.78 Å². The van der Waals surface area contributed by atoms with Crippen LogP contribution < -0.4 is 11.2 Å². The maximum absolute atomic E-state index is 11.7. The van der Waals surface area contributed by atoms with E-state index in [1.54, 1.807) is 0 Å². The third-order valence-electron chi connectivity index (χ3n) is 2.43. The number of carbonyl (C=O) groups excluding carboxylic acids is 1. The third-order valence-corrected chi connectivity index (χ3v) is 2.43. The zero-order chi connectivity index (χ0) is 12.0. The summed E-state index contributed by atoms with van der Waals surface area (Å²) >= 11 is 0. The van der Waals surface area contributed by atoms with Gasteiger partial charge in [-0.2, -0.15) is 0 Å². The van der Waals surface area contributed by atoms with E-state index in [0.717, 1.165) is 4.57 Å². The fourth-order valence-electron chi connectivity index (χ4n) is 1.49. The highest BCUT2D eigenvalue weighted by molar-refractivity contribution is 5.93. The van der Waals surface area contributed by atoms with E-state index in [1.165, 1.54) is 25.6 Å². The molecule has 1 N–H and O–H groups in total. The lowest BCUT2D eigenvalue weighted by Crippen LogP contribution is -2.36. The molecule has 2 rings (SSSR count). The largest absolute Gasteiger partial charge is 0.332 e. The summed E-state index contributed by atoms with van der Waals surface area (Å²) in [4.78, 5) is 40.9. The average molecular weight is 222 g/mol. The van der Waals surface area contributed by atoms with Crippen molar-refractivity contribution in [1.29, 1.82) is 0 Å². The van der Waals surface area contributed by atoms with Crippen LogP contribution in [0.15, 0.2) is 9.59 Å². The summed E-state index contributed by atoms with van der Waals surface area (Å²) in [7, 11) is 2.87. The van der Waals surface area contributed by atoms with E-state index in [2.05, 4.69) is 9.97 Å². The van der Waals surface area contributed by atoms with Gasteiger partial charge in [-0.3, -0.25) is 18.7 Å². The van der Waals surface area contributed by atoms with Crippen molar-refractivity contribution >= 4 is 16.9 Å². The Balaban J connectivity index is 3.04. The molecule has 0 fully saturated rings. The second kappa shape index (κ2) is 3.16. The fraction of sp³-hybridized carbons (Fsp3) is 0.333. The summed E-state index contributed by atoms with van der Waals surface area (Å²) in [5, 5.41) is 0. The van der Waals surface area contributed by atoms with Crippen molar-refractivity contribution in [2.24, 2.45) is 14.1 Å². The number of aromatic nitrogens is 4. The van der Waals surface area contributed by atoms with Crippen LogP contribution in [0.2, 0.25) is 0 Å². The van der Waals surface area contributed by atoms with Crippen molar-refractivity contribution in [2.45, 2.75) is 6.92 Å². The van der Waals surface area contributed by atoms with Gasteiger partial charge in [-0.15, -0.1) is 0 Å². The first-order chi connectivity index (χ1) is 7.43. The quantitative estimate of drug-likeness (QED) is 0.637. The zero-order valence-electron chi connectivity index (χ0n) is 9.07. The molecule has 0 bridgehead atoms. The Kier molecular flexibility index (Phi) is 2.04. The van der Waals surface area contributed by atoms with Crippen molar-refractivity contribution in [2.75, 3.05) is 0 Å². The van der Waals surface area contributed by atoms with E-state index in [0.29, 0.717) is 0 Å². The predicted octanol–water partition coefficient (Wildman–Crippen LogP) is -0.837. The molecule has 84 valence electrons. The maximum atomic E-state index is 11.7. The van der Waals surface area contributed by atoms with Gasteiger partial charge in [0.05, 0.1) is 0 Å². The summed E-state index contributed by atoms with van der Waals surface area (Å²) < 4.78 is 2.18. The molecule has 0 saturated heterocycles. The SMILES string of the molecule is CC(=O)c1nc2c([nH]1)c(=O)n(C)c(=O)n2C. The van der Waals surface area contributed by atoms with Crippen molar-refractivity contribution in [3.05, 3.63) is 26.7 Å². The summed E-state index contributed by atoms with van der Waals surface area (Å²) in [5.41, 5.74) is -0.606. The Hall–Kier alpha value is -2.18. The van der Waals surface area contributed by atoms with Crippen LogP contribution in [0, 0.1) is 0 Å². The minimum Gasteiger partial charge on any atom is -0.330 e. The van der Waals surface area contributed by atoms with Gasteiger partial charge in [0, 0.05) is 21.0 Å². The molecule has 0 amide bonds. The molecule has 0 aliphatic carbocycles. The highest BCUT2D eigenvalue weighted by atomic mass is 16.2. The Morgan fingerprint density at radius 1 is 1.25 bits per heavy atom. The molecule has 0 saturated carbocycles.